The molecule has 2 heterocycles. The van der Waals surface area contributed by atoms with Crippen molar-refractivity contribution < 1.29 is 4.74 Å². The number of benzene rings is 1. The van der Waals surface area contributed by atoms with E-state index in [4.69, 9.17) is 4.74 Å². The maximum atomic E-state index is 5.80. The molecular formula is C15H21NO. The molecule has 0 aliphatic carbocycles. The second kappa shape index (κ2) is 4.43. The summed E-state index contributed by atoms with van der Waals surface area (Å²) >= 11 is 0. The van der Waals surface area contributed by atoms with Gasteiger partial charge in [0.25, 0.3) is 0 Å². The van der Waals surface area contributed by atoms with Crippen LogP contribution in [0.3, 0.4) is 0 Å². The first kappa shape index (κ1) is 11.2. The molecule has 0 bridgehead atoms. The second-order valence-electron chi connectivity index (χ2n) is 5.59. The van der Waals surface area contributed by atoms with Crippen LogP contribution in [0.5, 0.6) is 0 Å². The van der Waals surface area contributed by atoms with E-state index >= 15 is 0 Å². The Morgan fingerprint density at radius 3 is 2.59 bits per heavy atom. The van der Waals surface area contributed by atoms with Gasteiger partial charge < -0.3 is 10.1 Å². The Bertz CT molecular complexity index is 374. The number of hydrogen-bond donors (Lipinski definition) is 1. The van der Waals surface area contributed by atoms with E-state index < -0.39 is 0 Å². The molecular weight excluding hydrogens is 210 g/mol. The van der Waals surface area contributed by atoms with E-state index in [0.717, 1.165) is 19.7 Å². The minimum Gasteiger partial charge on any atom is -0.378 e. The Morgan fingerprint density at radius 2 is 2.06 bits per heavy atom. The quantitative estimate of drug-likeness (QED) is 0.862. The lowest BCUT2D eigenvalue weighted by atomic mass is 9.71. The summed E-state index contributed by atoms with van der Waals surface area (Å²) in [6, 6.07) is 9.05. The Labute approximate surface area is 103 Å². The van der Waals surface area contributed by atoms with Crippen molar-refractivity contribution in [3.63, 3.8) is 0 Å². The summed E-state index contributed by atoms with van der Waals surface area (Å²) in [6.07, 6.45) is 4.15. The molecule has 2 aliphatic heterocycles. The van der Waals surface area contributed by atoms with Crippen molar-refractivity contribution in [2.45, 2.75) is 37.7 Å². The van der Waals surface area contributed by atoms with Crippen molar-refractivity contribution in [3.8, 4) is 0 Å². The minimum atomic E-state index is 0.336. The monoisotopic (exact) mass is 231 g/mol. The van der Waals surface area contributed by atoms with Gasteiger partial charge in [-0.05, 0) is 31.7 Å². The van der Waals surface area contributed by atoms with Crippen molar-refractivity contribution in [1.82, 2.24) is 5.32 Å². The molecule has 0 aromatic heterocycles. The molecule has 2 nitrogen and oxygen atoms in total. The highest BCUT2D eigenvalue weighted by Crippen LogP contribution is 2.36. The lowest BCUT2D eigenvalue weighted by Crippen LogP contribution is -2.58. The fourth-order valence-electron chi connectivity index (χ4n) is 3.04. The molecule has 1 unspecified atom stereocenters. The van der Waals surface area contributed by atoms with E-state index in [9.17, 15) is 0 Å². The number of nitrogens with one attached hydrogen (secondary N) is 1. The van der Waals surface area contributed by atoms with Gasteiger partial charge in [0.2, 0.25) is 0 Å². The fraction of sp³-hybridized carbons (Fsp3) is 0.600. The van der Waals surface area contributed by atoms with E-state index in [2.05, 4.69) is 36.5 Å². The van der Waals surface area contributed by atoms with Gasteiger partial charge in [0.05, 0.1) is 6.10 Å². The molecule has 1 atom stereocenters. The molecule has 2 heteroatoms. The van der Waals surface area contributed by atoms with Crippen molar-refractivity contribution >= 4 is 0 Å². The summed E-state index contributed by atoms with van der Waals surface area (Å²) in [5.41, 5.74) is 3.16. The molecule has 1 aromatic rings. The van der Waals surface area contributed by atoms with Crippen molar-refractivity contribution in [1.29, 1.82) is 0 Å². The highest BCUT2D eigenvalue weighted by atomic mass is 16.5. The Kier molecular flexibility index (Phi) is 2.93. The van der Waals surface area contributed by atoms with Crippen molar-refractivity contribution in [2.75, 3.05) is 19.7 Å². The van der Waals surface area contributed by atoms with Gasteiger partial charge in [0.1, 0.15) is 0 Å². The predicted octanol–water partition coefficient (Wildman–Crippen LogP) is 2.41. The average molecular weight is 231 g/mol. The maximum absolute atomic E-state index is 5.80. The first-order valence-corrected chi connectivity index (χ1v) is 6.68. The lowest BCUT2D eigenvalue weighted by Gasteiger charge is -2.44. The molecule has 0 amide bonds. The highest BCUT2D eigenvalue weighted by molar-refractivity contribution is 5.32. The number of ether oxygens (including phenoxy) is 1. The third kappa shape index (κ3) is 2.12. The Morgan fingerprint density at radius 1 is 1.29 bits per heavy atom. The molecule has 0 saturated carbocycles. The van der Waals surface area contributed by atoms with Gasteiger partial charge in [0, 0.05) is 25.1 Å². The number of hydrogen-bond acceptors (Lipinski definition) is 2. The molecule has 2 fully saturated rings. The SMILES string of the molecule is Cc1ccc(C2(CC3CCCO3)CNC2)cc1. The average Bonchev–Trinajstić information content (AvgIpc) is 2.77. The third-order valence-electron chi connectivity index (χ3n) is 4.23. The van der Waals surface area contributed by atoms with Gasteiger partial charge >= 0.3 is 0 Å². The first-order valence-electron chi connectivity index (χ1n) is 6.68. The summed E-state index contributed by atoms with van der Waals surface area (Å²) in [6.45, 7) is 5.32. The molecule has 1 N–H and O–H groups in total. The van der Waals surface area contributed by atoms with Crippen LogP contribution in [0.4, 0.5) is 0 Å². The van der Waals surface area contributed by atoms with Crippen LogP contribution in [-0.4, -0.2) is 25.8 Å². The summed E-state index contributed by atoms with van der Waals surface area (Å²) in [5.74, 6) is 0. The summed E-state index contributed by atoms with van der Waals surface area (Å²) in [7, 11) is 0. The van der Waals surface area contributed by atoms with Crippen LogP contribution in [0, 0.1) is 6.92 Å². The fourth-order valence-corrected chi connectivity index (χ4v) is 3.04. The Balaban J connectivity index is 1.78. The largest absolute Gasteiger partial charge is 0.378 e. The molecule has 1 aromatic carbocycles. The van der Waals surface area contributed by atoms with Crippen LogP contribution in [0.1, 0.15) is 30.4 Å². The smallest absolute Gasteiger partial charge is 0.0585 e. The van der Waals surface area contributed by atoms with Gasteiger partial charge in [-0.15, -0.1) is 0 Å². The van der Waals surface area contributed by atoms with Crippen LogP contribution in [0.15, 0.2) is 24.3 Å². The summed E-state index contributed by atoms with van der Waals surface area (Å²) in [4.78, 5) is 0. The second-order valence-corrected chi connectivity index (χ2v) is 5.59. The van der Waals surface area contributed by atoms with E-state index in [0.29, 0.717) is 11.5 Å². The Hall–Kier alpha value is -0.860. The molecule has 3 rings (SSSR count). The van der Waals surface area contributed by atoms with Gasteiger partial charge in [-0.25, -0.2) is 0 Å². The maximum Gasteiger partial charge on any atom is 0.0585 e. The van der Waals surface area contributed by atoms with Crippen LogP contribution < -0.4 is 5.32 Å². The summed E-state index contributed by atoms with van der Waals surface area (Å²) in [5, 5.41) is 3.43. The third-order valence-corrected chi connectivity index (χ3v) is 4.23. The van der Waals surface area contributed by atoms with Crippen molar-refractivity contribution in [2.24, 2.45) is 0 Å². The van der Waals surface area contributed by atoms with E-state index in [1.165, 1.54) is 30.4 Å². The van der Waals surface area contributed by atoms with E-state index in [1.54, 1.807) is 0 Å². The van der Waals surface area contributed by atoms with E-state index in [1.807, 2.05) is 0 Å². The minimum absolute atomic E-state index is 0.336. The van der Waals surface area contributed by atoms with Crippen LogP contribution in [0.25, 0.3) is 0 Å². The standard InChI is InChI=1S/C15H21NO/c1-12-4-6-13(7-5-12)15(10-16-11-15)9-14-3-2-8-17-14/h4-7,14,16H,2-3,8-11H2,1H3. The molecule has 0 spiro atoms. The number of aryl methyl sites for hydroxylation is 1. The molecule has 92 valence electrons. The van der Waals surface area contributed by atoms with Gasteiger partial charge in [-0.3, -0.25) is 0 Å². The lowest BCUT2D eigenvalue weighted by molar-refractivity contribution is 0.0681. The summed E-state index contributed by atoms with van der Waals surface area (Å²) < 4.78 is 5.80. The molecule has 0 radical (unpaired) electrons. The first-order chi connectivity index (χ1) is 8.28. The van der Waals surface area contributed by atoms with Crippen LogP contribution in [-0.2, 0) is 10.2 Å². The molecule has 2 saturated heterocycles. The van der Waals surface area contributed by atoms with Crippen LogP contribution >= 0.6 is 0 Å². The zero-order valence-electron chi connectivity index (χ0n) is 10.5. The van der Waals surface area contributed by atoms with Crippen molar-refractivity contribution in [3.05, 3.63) is 35.4 Å². The number of rotatable bonds is 3. The zero-order chi connectivity index (χ0) is 11.7. The molecule has 17 heavy (non-hydrogen) atoms. The van der Waals surface area contributed by atoms with Gasteiger partial charge in [-0.1, -0.05) is 29.8 Å². The van der Waals surface area contributed by atoms with Gasteiger partial charge in [0.15, 0.2) is 0 Å². The molecule has 2 aliphatic rings. The highest BCUT2D eigenvalue weighted by Gasteiger charge is 2.41. The van der Waals surface area contributed by atoms with Crippen LogP contribution in [0.2, 0.25) is 0 Å². The topological polar surface area (TPSA) is 21.3 Å². The predicted molar refractivity (Wildman–Crippen MR) is 69.3 cm³/mol. The zero-order valence-corrected chi connectivity index (χ0v) is 10.5. The van der Waals surface area contributed by atoms with Gasteiger partial charge in [-0.2, -0.15) is 0 Å². The van der Waals surface area contributed by atoms with E-state index in [-0.39, 0.29) is 0 Å². The normalized spacial score (nSPS) is 26.8.